The van der Waals surface area contributed by atoms with Gasteiger partial charge in [-0.25, -0.2) is 5.43 Å². The summed E-state index contributed by atoms with van der Waals surface area (Å²) in [6, 6.07) is 29.7. The monoisotopic (exact) mass is 520 g/mol. The number of benzene rings is 4. The number of carbonyl (C=O) groups is 1. The van der Waals surface area contributed by atoms with Crippen LogP contribution in [0.15, 0.2) is 102 Å². The van der Waals surface area contributed by atoms with Crippen LogP contribution >= 0.6 is 0 Å². The van der Waals surface area contributed by atoms with Gasteiger partial charge in [0.1, 0.15) is 12.4 Å². The Morgan fingerprint density at radius 3 is 2.33 bits per heavy atom. The molecule has 1 aliphatic rings. The van der Waals surface area contributed by atoms with Crippen molar-refractivity contribution in [1.82, 2.24) is 10.3 Å². The highest BCUT2D eigenvalue weighted by molar-refractivity contribution is 5.94. The molecule has 0 unspecified atom stereocenters. The number of non-ortho nitro benzene ring substituents is 1. The number of carbonyl (C=O) groups excluding carboxylic acids is 1. The van der Waals surface area contributed by atoms with Gasteiger partial charge in [-0.15, -0.1) is 0 Å². The minimum Gasteiger partial charge on any atom is -0.489 e. The molecule has 0 saturated carbocycles. The molecular weight excluding hydrogens is 492 g/mol. The zero-order chi connectivity index (χ0) is 27.0. The van der Waals surface area contributed by atoms with Gasteiger partial charge in [0.25, 0.3) is 11.6 Å². The van der Waals surface area contributed by atoms with Crippen LogP contribution in [0.1, 0.15) is 38.2 Å². The second-order valence-corrected chi connectivity index (χ2v) is 9.41. The molecule has 0 spiro atoms. The van der Waals surface area contributed by atoms with Crippen molar-refractivity contribution in [2.24, 2.45) is 5.10 Å². The first-order chi connectivity index (χ1) is 19.0. The zero-order valence-electron chi connectivity index (χ0n) is 21.3. The third-order valence-electron chi connectivity index (χ3n) is 6.64. The van der Waals surface area contributed by atoms with Crippen molar-refractivity contribution >= 4 is 17.8 Å². The topological polar surface area (TPSA) is 97.1 Å². The van der Waals surface area contributed by atoms with Gasteiger partial charge in [-0.05, 0) is 82.8 Å². The van der Waals surface area contributed by atoms with E-state index in [1.807, 2.05) is 36.4 Å². The standard InChI is InChI=1S/C31H28N4O4/c36-31(27-11-5-24(6-12-27)20-34-18-17-26-3-1-2-4-28(26)21-34)33-32-19-23-9-15-30(16-10-23)39-22-25-7-13-29(14-8-25)35(37)38/h1-16,19H,17-18,20-22H2,(H,33,36)/b32-19-. The molecule has 0 aromatic heterocycles. The smallest absolute Gasteiger partial charge is 0.271 e. The highest BCUT2D eigenvalue weighted by Gasteiger charge is 2.16. The van der Waals surface area contributed by atoms with Crippen LogP contribution < -0.4 is 10.2 Å². The number of hydrogen-bond donors (Lipinski definition) is 1. The SMILES string of the molecule is O=C(N/N=C\c1ccc(OCc2ccc([N+](=O)[O-])cc2)cc1)c1ccc(CN2CCc3ccccc3C2)cc1. The highest BCUT2D eigenvalue weighted by Crippen LogP contribution is 2.20. The van der Waals surface area contributed by atoms with E-state index in [-0.39, 0.29) is 11.6 Å². The van der Waals surface area contributed by atoms with Crippen LogP contribution in [-0.4, -0.2) is 28.5 Å². The molecule has 0 bridgehead atoms. The molecule has 0 aliphatic carbocycles. The molecule has 5 rings (SSSR count). The molecule has 0 radical (unpaired) electrons. The van der Waals surface area contributed by atoms with Crippen LogP contribution in [0.25, 0.3) is 0 Å². The Morgan fingerprint density at radius 2 is 1.62 bits per heavy atom. The fourth-order valence-electron chi connectivity index (χ4n) is 4.47. The number of ether oxygens (including phenoxy) is 1. The zero-order valence-corrected chi connectivity index (χ0v) is 21.3. The Hall–Kier alpha value is -4.82. The minimum atomic E-state index is -0.431. The van der Waals surface area contributed by atoms with Crippen molar-refractivity contribution in [3.63, 3.8) is 0 Å². The number of hydrogen-bond acceptors (Lipinski definition) is 6. The summed E-state index contributed by atoms with van der Waals surface area (Å²) in [7, 11) is 0. The molecule has 1 heterocycles. The molecule has 0 saturated heterocycles. The largest absolute Gasteiger partial charge is 0.489 e. The Balaban J connectivity index is 1.07. The summed E-state index contributed by atoms with van der Waals surface area (Å²) in [6.07, 6.45) is 2.63. The molecule has 39 heavy (non-hydrogen) atoms. The highest BCUT2D eigenvalue weighted by atomic mass is 16.6. The van der Waals surface area contributed by atoms with Gasteiger partial charge in [0.2, 0.25) is 0 Å². The van der Waals surface area contributed by atoms with Gasteiger partial charge in [0, 0.05) is 37.3 Å². The summed E-state index contributed by atoms with van der Waals surface area (Å²) in [4.78, 5) is 25.3. The maximum Gasteiger partial charge on any atom is 0.271 e. The van der Waals surface area contributed by atoms with Crippen LogP contribution in [0.3, 0.4) is 0 Å². The fraction of sp³-hybridized carbons (Fsp3) is 0.161. The summed E-state index contributed by atoms with van der Waals surface area (Å²) >= 11 is 0. The Bertz CT molecular complexity index is 1470. The van der Waals surface area contributed by atoms with E-state index in [0.29, 0.717) is 17.9 Å². The number of rotatable bonds is 9. The van der Waals surface area contributed by atoms with E-state index in [9.17, 15) is 14.9 Å². The molecular formula is C31H28N4O4. The Labute approximate surface area is 226 Å². The molecule has 4 aromatic rings. The van der Waals surface area contributed by atoms with Gasteiger partial charge < -0.3 is 4.74 Å². The fourth-order valence-corrected chi connectivity index (χ4v) is 4.47. The quantitative estimate of drug-likeness (QED) is 0.179. The summed E-state index contributed by atoms with van der Waals surface area (Å²) in [5.41, 5.74) is 8.80. The summed E-state index contributed by atoms with van der Waals surface area (Å²) in [6.45, 7) is 3.12. The van der Waals surface area contributed by atoms with E-state index in [1.165, 1.54) is 28.8 Å². The third kappa shape index (κ3) is 6.94. The molecule has 4 aromatic carbocycles. The lowest BCUT2D eigenvalue weighted by molar-refractivity contribution is -0.384. The Morgan fingerprint density at radius 1 is 0.923 bits per heavy atom. The first kappa shape index (κ1) is 25.8. The molecule has 1 amide bonds. The van der Waals surface area contributed by atoms with Gasteiger partial charge in [-0.2, -0.15) is 5.10 Å². The van der Waals surface area contributed by atoms with Crippen molar-refractivity contribution in [2.45, 2.75) is 26.1 Å². The minimum absolute atomic E-state index is 0.0473. The van der Waals surface area contributed by atoms with E-state index in [2.05, 4.69) is 39.7 Å². The van der Waals surface area contributed by atoms with Crippen LogP contribution in [0.4, 0.5) is 5.69 Å². The molecule has 196 valence electrons. The van der Waals surface area contributed by atoms with Crippen molar-refractivity contribution < 1.29 is 14.5 Å². The lowest BCUT2D eigenvalue weighted by atomic mass is 9.99. The number of hydrazone groups is 1. The summed E-state index contributed by atoms with van der Waals surface area (Å²) in [5.74, 6) is 0.385. The lowest BCUT2D eigenvalue weighted by Gasteiger charge is -2.28. The number of fused-ring (bicyclic) bond motifs is 1. The molecule has 8 heteroatoms. The number of nitrogens with zero attached hydrogens (tertiary/aromatic N) is 3. The van der Waals surface area contributed by atoms with Crippen LogP contribution in [-0.2, 0) is 26.1 Å². The second kappa shape index (κ2) is 12.1. The number of nitro benzene ring substituents is 1. The Kier molecular flexibility index (Phi) is 8.04. The van der Waals surface area contributed by atoms with E-state index in [1.54, 1.807) is 30.5 Å². The van der Waals surface area contributed by atoms with Crippen LogP contribution in [0, 0.1) is 10.1 Å². The van der Waals surface area contributed by atoms with Gasteiger partial charge in [-0.1, -0.05) is 36.4 Å². The summed E-state index contributed by atoms with van der Waals surface area (Å²) < 4.78 is 5.73. The van der Waals surface area contributed by atoms with Crippen molar-refractivity contribution in [3.8, 4) is 5.75 Å². The normalized spacial score (nSPS) is 13.1. The van der Waals surface area contributed by atoms with Gasteiger partial charge in [0.15, 0.2) is 0 Å². The van der Waals surface area contributed by atoms with Crippen LogP contribution in [0.5, 0.6) is 5.75 Å². The number of amides is 1. The summed E-state index contributed by atoms with van der Waals surface area (Å²) in [5, 5.41) is 14.8. The van der Waals surface area contributed by atoms with E-state index >= 15 is 0 Å². The molecule has 8 nitrogen and oxygen atoms in total. The first-order valence-corrected chi connectivity index (χ1v) is 12.7. The van der Waals surface area contributed by atoms with Crippen LogP contribution in [0.2, 0.25) is 0 Å². The molecule has 0 atom stereocenters. The predicted molar refractivity (Wildman–Crippen MR) is 150 cm³/mol. The van der Waals surface area contributed by atoms with Crippen molar-refractivity contribution in [3.05, 3.63) is 141 Å². The molecule has 0 fully saturated rings. The average Bonchev–Trinajstić information content (AvgIpc) is 2.97. The maximum atomic E-state index is 12.5. The number of nitrogens with one attached hydrogen (secondary N) is 1. The van der Waals surface area contributed by atoms with E-state index in [0.717, 1.165) is 37.2 Å². The second-order valence-electron chi connectivity index (χ2n) is 9.41. The maximum absolute atomic E-state index is 12.5. The lowest BCUT2D eigenvalue weighted by Crippen LogP contribution is -2.30. The number of nitro groups is 1. The van der Waals surface area contributed by atoms with Crippen molar-refractivity contribution in [1.29, 1.82) is 0 Å². The predicted octanol–water partition coefficient (Wildman–Crippen LogP) is 5.50. The van der Waals surface area contributed by atoms with Gasteiger partial charge in [-0.3, -0.25) is 19.8 Å². The molecule has 1 N–H and O–H groups in total. The van der Waals surface area contributed by atoms with Gasteiger partial charge in [0.05, 0.1) is 11.1 Å². The van der Waals surface area contributed by atoms with Gasteiger partial charge >= 0.3 is 0 Å². The first-order valence-electron chi connectivity index (χ1n) is 12.7. The third-order valence-corrected chi connectivity index (χ3v) is 6.64. The van der Waals surface area contributed by atoms with E-state index in [4.69, 9.17) is 4.74 Å². The van der Waals surface area contributed by atoms with E-state index < -0.39 is 4.92 Å². The van der Waals surface area contributed by atoms with Crippen molar-refractivity contribution in [2.75, 3.05) is 6.54 Å². The molecule has 1 aliphatic heterocycles. The average molecular weight is 521 g/mol.